The lowest BCUT2D eigenvalue weighted by atomic mass is 10.1. The van der Waals surface area contributed by atoms with E-state index in [-0.39, 0.29) is 6.03 Å². The molecule has 6 nitrogen and oxygen atoms in total. The summed E-state index contributed by atoms with van der Waals surface area (Å²) in [6.07, 6.45) is 0.349. The lowest BCUT2D eigenvalue weighted by molar-refractivity contribution is -0.137. The number of aromatic nitrogens is 2. The van der Waals surface area contributed by atoms with Gasteiger partial charge in [0.1, 0.15) is 0 Å². The van der Waals surface area contributed by atoms with E-state index in [0.717, 1.165) is 17.7 Å². The van der Waals surface area contributed by atoms with Gasteiger partial charge in [0.05, 0.1) is 16.9 Å². The smallest absolute Gasteiger partial charge is 0.382 e. The van der Waals surface area contributed by atoms with Crippen molar-refractivity contribution in [3.05, 3.63) is 72.1 Å². The molecule has 4 rings (SSSR count). The molecule has 0 aliphatic carbocycles. The topological polar surface area (TPSA) is 70.2 Å². The second-order valence-electron chi connectivity index (χ2n) is 7.42. The van der Waals surface area contributed by atoms with Gasteiger partial charge in [-0.15, -0.1) is 0 Å². The van der Waals surface area contributed by atoms with Crippen molar-refractivity contribution in [2.45, 2.75) is 19.0 Å². The van der Waals surface area contributed by atoms with Crippen LogP contribution in [0.5, 0.6) is 0 Å². The highest BCUT2D eigenvalue weighted by molar-refractivity contribution is 5.95. The summed E-state index contributed by atoms with van der Waals surface area (Å²) >= 11 is 0. The average Bonchev–Trinajstić information content (AvgIpc) is 3.01. The van der Waals surface area contributed by atoms with E-state index in [1.54, 1.807) is 30.6 Å². The van der Waals surface area contributed by atoms with Gasteiger partial charge < -0.3 is 10.6 Å². The molecule has 0 atom stereocenters. The summed E-state index contributed by atoms with van der Waals surface area (Å²) in [7, 11) is 0. The molecule has 2 amide bonds. The second kappa shape index (κ2) is 9.25. The first-order valence-electron chi connectivity index (χ1n) is 10.3. The number of rotatable bonds is 4. The van der Waals surface area contributed by atoms with Gasteiger partial charge in [-0.1, -0.05) is 18.2 Å². The number of alkyl halides is 3. The quantitative estimate of drug-likeness (QED) is 0.614. The number of anilines is 2. The number of nitrogens with one attached hydrogen (secondary N) is 2. The normalized spacial score (nSPS) is 13.7. The van der Waals surface area contributed by atoms with Gasteiger partial charge in [0, 0.05) is 37.6 Å². The van der Waals surface area contributed by atoms with Gasteiger partial charge in [0.25, 0.3) is 0 Å². The van der Waals surface area contributed by atoms with Crippen LogP contribution in [-0.2, 0) is 12.6 Å². The number of carbonyl (C=O) groups excluding carboxylic acids is 1. The SMILES string of the molecule is O=C(NCCc1cccnc1)N1CCCNc2ccc(-c3cccc(C(F)(F)F)c3)nc21. The Labute approximate surface area is 183 Å². The predicted molar refractivity (Wildman–Crippen MR) is 116 cm³/mol. The molecule has 1 aliphatic heterocycles. The van der Waals surface area contributed by atoms with E-state index in [9.17, 15) is 18.0 Å². The van der Waals surface area contributed by atoms with Crippen molar-refractivity contribution < 1.29 is 18.0 Å². The zero-order valence-corrected chi connectivity index (χ0v) is 17.2. The van der Waals surface area contributed by atoms with Crippen LogP contribution in [0.3, 0.4) is 0 Å². The zero-order chi connectivity index (χ0) is 22.6. The van der Waals surface area contributed by atoms with Crippen LogP contribution in [0.2, 0.25) is 0 Å². The van der Waals surface area contributed by atoms with Gasteiger partial charge in [-0.05, 0) is 48.7 Å². The Morgan fingerprint density at radius 2 is 2.03 bits per heavy atom. The monoisotopic (exact) mass is 441 g/mol. The van der Waals surface area contributed by atoms with Crippen LogP contribution in [0.25, 0.3) is 11.3 Å². The summed E-state index contributed by atoms with van der Waals surface area (Å²) in [5.41, 5.74) is 1.64. The number of hydrogen-bond acceptors (Lipinski definition) is 4. The molecule has 1 aromatic carbocycles. The highest BCUT2D eigenvalue weighted by atomic mass is 19.4. The highest BCUT2D eigenvalue weighted by Gasteiger charge is 2.30. The molecule has 9 heteroatoms. The molecule has 32 heavy (non-hydrogen) atoms. The minimum atomic E-state index is -4.44. The summed E-state index contributed by atoms with van der Waals surface area (Å²) in [6, 6.07) is 11.9. The third kappa shape index (κ3) is 4.99. The van der Waals surface area contributed by atoms with E-state index in [1.807, 2.05) is 12.1 Å². The van der Waals surface area contributed by atoms with Crippen molar-refractivity contribution in [3.63, 3.8) is 0 Å². The Kier molecular flexibility index (Phi) is 6.25. The number of amides is 2. The number of benzene rings is 1. The van der Waals surface area contributed by atoms with Gasteiger partial charge in [0.15, 0.2) is 5.82 Å². The Bertz CT molecular complexity index is 1090. The Hall–Kier alpha value is -3.62. The van der Waals surface area contributed by atoms with Gasteiger partial charge in [-0.3, -0.25) is 9.88 Å². The van der Waals surface area contributed by atoms with Gasteiger partial charge in [-0.25, -0.2) is 9.78 Å². The molecule has 0 unspecified atom stereocenters. The molecular weight excluding hydrogens is 419 g/mol. The summed E-state index contributed by atoms with van der Waals surface area (Å²) in [6.45, 7) is 1.53. The van der Waals surface area contributed by atoms with Crippen LogP contribution in [-0.4, -0.2) is 35.6 Å². The maximum atomic E-state index is 13.1. The zero-order valence-electron chi connectivity index (χ0n) is 17.2. The summed E-state index contributed by atoms with van der Waals surface area (Å²) in [5, 5.41) is 6.13. The van der Waals surface area contributed by atoms with Crippen molar-refractivity contribution >= 4 is 17.5 Å². The predicted octanol–water partition coefficient (Wildman–Crippen LogP) is 4.74. The van der Waals surface area contributed by atoms with Crippen molar-refractivity contribution in [2.24, 2.45) is 0 Å². The molecule has 0 saturated carbocycles. The largest absolute Gasteiger partial charge is 0.416 e. The number of hydrogen-bond donors (Lipinski definition) is 2. The maximum Gasteiger partial charge on any atom is 0.416 e. The maximum absolute atomic E-state index is 13.1. The van der Waals surface area contributed by atoms with Crippen molar-refractivity contribution in [1.29, 1.82) is 0 Å². The molecule has 2 aromatic heterocycles. The average molecular weight is 441 g/mol. The standard InChI is InChI=1S/C23H22F3N5O/c24-23(25,26)18-6-1-5-17(14-18)19-7-8-20-21(30-19)31(13-3-11-28-20)22(32)29-12-9-16-4-2-10-27-15-16/h1-2,4-8,10,14-15,28H,3,9,11-13H2,(H,29,32). The number of nitrogens with zero attached hydrogens (tertiary/aromatic N) is 3. The van der Waals surface area contributed by atoms with Crippen molar-refractivity contribution in [1.82, 2.24) is 15.3 Å². The third-order valence-corrected chi connectivity index (χ3v) is 5.15. The van der Waals surface area contributed by atoms with E-state index < -0.39 is 11.7 Å². The van der Waals surface area contributed by atoms with E-state index in [4.69, 9.17) is 0 Å². The van der Waals surface area contributed by atoms with E-state index >= 15 is 0 Å². The van der Waals surface area contributed by atoms with Crippen LogP contribution in [0, 0.1) is 0 Å². The fourth-order valence-electron chi connectivity index (χ4n) is 3.53. The molecule has 0 spiro atoms. The summed E-state index contributed by atoms with van der Waals surface area (Å²) < 4.78 is 39.4. The first-order chi connectivity index (χ1) is 15.4. The Morgan fingerprint density at radius 1 is 1.16 bits per heavy atom. The number of pyridine rings is 2. The van der Waals surface area contributed by atoms with E-state index in [1.165, 1.54) is 11.0 Å². The minimum absolute atomic E-state index is 0.299. The van der Waals surface area contributed by atoms with E-state index in [0.29, 0.717) is 55.2 Å². The fraction of sp³-hybridized carbons (Fsp3) is 0.261. The van der Waals surface area contributed by atoms with Gasteiger partial charge in [0.2, 0.25) is 0 Å². The lowest BCUT2D eigenvalue weighted by Gasteiger charge is -2.22. The molecule has 3 aromatic rings. The lowest BCUT2D eigenvalue weighted by Crippen LogP contribution is -2.41. The summed E-state index contributed by atoms with van der Waals surface area (Å²) in [4.78, 5) is 23.1. The number of urea groups is 1. The first-order valence-corrected chi connectivity index (χ1v) is 10.3. The van der Waals surface area contributed by atoms with Gasteiger partial charge >= 0.3 is 12.2 Å². The number of carbonyl (C=O) groups is 1. The molecule has 0 radical (unpaired) electrons. The van der Waals surface area contributed by atoms with Crippen LogP contribution >= 0.6 is 0 Å². The molecule has 0 fully saturated rings. The number of halogens is 3. The van der Waals surface area contributed by atoms with Crippen LogP contribution in [0.1, 0.15) is 17.5 Å². The number of fused-ring (bicyclic) bond motifs is 1. The van der Waals surface area contributed by atoms with Gasteiger partial charge in [-0.2, -0.15) is 13.2 Å². The molecule has 166 valence electrons. The fourth-order valence-corrected chi connectivity index (χ4v) is 3.53. The van der Waals surface area contributed by atoms with Crippen molar-refractivity contribution in [2.75, 3.05) is 29.9 Å². The molecule has 0 bridgehead atoms. The minimum Gasteiger partial charge on any atom is -0.382 e. The molecular formula is C23H22F3N5O. The molecule has 0 saturated heterocycles. The second-order valence-corrected chi connectivity index (χ2v) is 7.42. The van der Waals surface area contributed by atoms with Crippen LogP contribution in [0.15, 0.2) is 60.9 Å². The highest BCUT2D eigenvalue weighted by Crippen LogP contribution is 2.34. The first kappa shape index (κ1) is 21.6. The molecule has 3 heterocycles. The van der Waals surface area contributed by atoms with E-state index in [2.05, 4.69) is 20.6 Å². The van der Waals surface area contributed by atoms with Crippen LogP contribution in [0.4, 0.5) is 29.5 Å². The molecule has 2 N–H and O–H groups in total. The Morgan fingerprint density at radius 3 is 2.81 bits per heavy atom. The Balaban J connectivity index is 1.56. The molecule has 1 aliphatic rings. The van der Waals surface area contributed by atoms with Crippen LogP contribution < -0.4 is 15.5 Å². The van der Waals surface area contributed by atoms with Crippen molar-refractivity contribution in [3.8, 4) is 11.3 Å². The third-order valence-electron chi connectivity index (χ3n) is 5.15. The summed E-state index contributed by atoms with van der Waals surface area (Å²) in [5.74, 6) is 0.399.